The summed E-state index contributed by atoms with van der Waals surface area (Å²) in [7, 11) is 0. The van der Waals surface area contributed by atoms with Crippen molar-refractivity contribution in [3.63, 3.8) is 0 Å². The Labute approximate surface area is 307 Å². The lowest BCUT2D eigenvalue weighted by Crippen LogP contribution is -2.61. The maximum Gasteiger partial charge on any atom is 0.303 e. The molecule has 1 aliphatic heterocycles. The first-order valence-electron chi connectivity index (χ1n) is 19.2. The Bertz CT molecular complexity index is 1360. The first-order valence-corrected chi connectivity index (χ1v) is 19.2. The molecular formula is C39H62O13. The summed E-state index contributed by atoms with van der Waals surface area (Å²) in [6.07, 6.45) is -3.52. The Morgan fingerprint density at radius 2 is 1.58 bits per heavy atom. The summed E-state index contributed by atoms with van der Waals surface area (Å²) in [6.45, 7) is 13.3. The quantitative estimate of drug-likeness (QED) is 0.153. The predicted octanol–water partition coefficient (Wildman–Crippen LogP) is 2.63. The zero-order valence-corrected chi connectivity index (χ0v) is 32.1. The van der Waals surface area contributed by atoms with E-state index < -0.39 is 89.9 Å². The number of rotatable bonds is 11. The van der Waals surface area contributed by atoms with Crippen LogP contribution in [-0.4, -0.2) is 110 Å². The van der Waals surface area contributed by atoms with Crippen molar-refractivity contribution in [3.05, 3.63) is 0 Å². The van der Waals surface area contributed by atoms with Gasteiger partial charge in [-0.25, -0.2) is 0 Å². The van der Waals surface area contributed by atoms with Gasteiger partial charge >= 0.3 is 11.9 Å². The van der Waals surface area contributed by atoms with Gasteiger partial charge in [0.2, 0.25) is 0 Å². The molecular weight excluding hydrogens is 676 g/mol. The Balaban J connectivity index is 1.30. The van der Waals surface area contributed by atoms with Crippen LogP contribution in [0.4, 0.5) is 0 Å². The number of aliphatic hydroxyl groups is 5. The van der Waals surface area contributed by atoms with Crippen molar-refractivity contribution in [3.8, 4) is 0 Å². The number of hydrogen-bond acceptors (Lipinski definition) is 13. The van der Waals surface area contributed by atoms with Gasteiger partial charge in [-0.2, -0.15) is 0 Å². The molecule has 4 aliphatic carbocycles. The summed E-state index contributed by atoms with van der Waals surface area (Å²) in [4.78, 5) is 52.0. The monoisotopic (exact) mass is 738 g/mol. The van der Waals surface area contributed by atoms with Crippen molar-refractivity contribution in [1.82, 2.24) is 0 Å². The van der Waals surface area contributed by atoms with Gasteiger partial charge in [-0.3, -0.25) is 19.2 Å². The smallest absolute Gasteiger partial charge is 0.303 e. The second kappa shape index (κ2) is 14.9. The fourth-order valence-electron chi connectivity index (χ4n) is 11.9. The average molecular weight is 739 g/mol. The lowest BCUT2D eigenvalue weighted by molar-refractivity contribution is -0.315. The molecule has 296 valence electrons. The Kier molecular flexibility index (Phi) is 11.8. The number of ether oxygens (including phenoxy) is 4. The van der Waals surface area contributed by atoms with Crippen LogP contribution in [0, 0.1) is 46.3 Å². The van der Waals surface area contributed by atoms with E-state index >= 15 is 0 Å². The summed E-state index contributed by atoms with van der Waals surface area (Å²) in [6, 6.07) is 0. The molecule has 1 saturated heterocycles. The van der Waals surface area contributed by atoms with E-state index in [1.807, 2.05) is 0 Å². The first kappa shape index (κ1) is 41.2. The molecule has 5 rings (SSSR count). The molecule has 5 aliphatic rings. The summed E-state index contributed by atoms with van der Waals surface area (Å²) in [5, 5.41) is 52.7. The molecule has 0 radical (unpaired) electrons. The summed E-state index contributed by atoms with van der Waals surface area (Å²) >= 11 is 0. The highest BCUT2D eigenvalue weighted by molar-refractivity contribution is 5.87. The second-order valence-electron chi connectivity index (χ2n) is 18.0. The highest BCUT2D eigenvalue weighted by Crippen LogP contribution is 2.67. The lowest BCUT2D eigenvalue weighted by atomic mass is 9.44. The minimum atomic E-state index is -1.55. The molecule has 4 saturated carbocycles. The van der Waals surface area contributed by atoms with Gasteiger partial charge in [0, 0.05) is 38.5 Å². The largest absolute Gasteiger partial charge is 0.462 e. The topological polar surface area (TPSA) is 206 Å². The molecule has 0 aromatic carbocycles. The number of carbonyl (C=O) groups is 4. The van der Waals surface area contributed by atoms with Gasteiger partial charge in [-0.1, -0.05) is 13.8 Å². The number of esters is 2. The molecule has 13 heteroatoms. The van der Waals surface area contributed by atoms with Crippen LogP contribution in [0.1, 0.15) is 113 Å². The average Bonchev–Trinajstić information content (AvgIpc) is 3.31. The van der Waals surface area contributed by atoms with Gasteiger partial charge in [0.1, 0.15) is 47.7 Å². The maximum atomic E-state index is 14.1. The molecule has 5 N–H and O–H groups in total. The number of hydrogen-bond donors (Lipinski definition) is 5. The molecule has 52 heavy (non-hydrogen) atoms. The van der Waals surface area contributed by atoms with Crippen LogP contribution in [0.15, 0.2) is 0 Å². The molecule has 16 unspecified atom stereocenters. The van der Waals surface area contributed by atoms with Crippen molar-refractivity contribution in [2.24, 2.45) is 46.3 Å². The zero-order valence-electron chi connectivity index (χ0n) is 32.1. The summed E-state index contributed by atoms with van der Waals surface area (Å²) in [5.74, 6) is -2.12. The van der Waals surface area contributed by atoms with Crippen molar-refractivity contribution >= 4 is 23.5 Å². The first-order chi connectivity index (χ1) is 24.1. The van der Waals surface area contributed by atoms with E-state index in [0.29, 0.717) is 38.5 Å². The highest BCUT2D eigenvalue weighted by atomic mass is 16.7. The predicted molar refractivity (Wildman–Crippen MR) is 185 cm³/mol. The molecule has 0 aromatic heterocycles. The van der Waals surface area contributed by atoms with Crippen LogP contribution < -0.4 is 0 Å². The van der Waals surface area contributed by atoms with E-state index in [9.17, 15) is 44.7 Å². The van der Waals surface area contributed by atoms with E-state index in [4.69, 9.17) is 18.9 Å². The Hall–Kier alpha value is -2.00. The minimum absolute atomic E-state index is 0.00153. The fourth-order valence-corrected chi connectivity index (χ4v) is 11.9. The van der Waals surface area contributed by atoms with Crippen LogP contribution in [0.5, 0.6) is 0 Å². The summed E-state index contributed by atoms with van der Waals surface area (Å²) in [5.41, 5.74) is -3.27. The summed E-state index contributed by atoms with van der Waals surface area (Å²) < 4.78 is 22.9. The van der Waals surface area contributed by atoms with E-state index in [-0.39, 0.29) is 47.1 Å². The van der Waals surface area contributed by atoms with E-state index in [1.165, 1.54) is 13.8 Å². The van der Waals surface area contributed by atoms with Gasteiger partial charge in [0.05, 0.1) is 24.2 Å². The molecule has 16 atom stereocenters. The minimum Gasteiger partial charge on any atom is -0.462 e. The van der Waals surface area contributed by atoms with Crippen molar-refractivity contribution in [1.29, 1.82) is 0 Å². The third kappa shape index (κ3) is 7.49. The molecule has 13 nitrogen and oxygen atoms in total. The van der Waals surface area contributed by atoms with Crippen LogP contribution in [0.2, 0.25) is 0 Å². The molecule has 0 spiro atoms. The number of aliphatic hydroxyl groups excluding tert-OH is 4. The van der Waals surface area contributed by atoms with Crippen molar-refractivity contribution < 1.29 is 63.7 Å². The third-order valence-corrected chi connectivity index (χ3v) is 14.2. The van der Waals surface area contributed by atoms with Gasteiger partial charge < -0.3 is 44.5 Å². The van der Waals surface area contributed by atoms with Crippen molar-refractivity contribution in [2.75, 3.05) is 6.61 Å². The lowest BCUT2D eigenvalue weighted by Gasteiger charge is -2.60. The Morgan fingerprint density at radius 3 is 2.19 bits per heavy atom. The van der Waals surface area contributed by atoms with E-state index in [2.05, 4.69) is 13.8 Å². The fraction of sp³-hybridized carbons (Fsp3) is 0.897. The van der Waals surface area contributed by atoms with Gasteiger partial charge in [-0.15, -0.1) is 0 Å². The normalized spacial score (nSPS) is 43.0. The number of Topliss-reactive ketones (excluding diaryl/α,β-unsaturated/α-hetero) is 2. The molecule has 1 heterocycles. The molecule has 5 fully saturated rings. The SMILES string of the molecule is CC(=O)OC(C)C(CCC(C)(O)C1C(=O)CC2C3CC(=O)C4CC(OC5OC(CO)C(O)C(O)C5O)CCC4(C)C3CCC21C)C(C)(C)OC(C)=O. The number of carbonyl (C=O) groups excluding carboxylic acids is 4. The number of ketones is 2. The highest BCUT2D eigenvalue weighted by Gasteiger charge is 2.66. The van der Waals surface area contributed by atoms with Crippen LogP contribution in [0.3, 0.4) is 0 Å². The maximum absolute atomic E-state index is 14.1. The molecule has 0 amide bonds. The van der Waals surface area contributed by atoms with Crippen molar-refractivity contribution in [2.45, 2.75) is 167 Å². The van der Waals surface area contributed by atoms with Gasteiger partial charge in [0.15, 0.2) is 6.29 Å². The van der Waals surface area contributed by atoms with Crippen LogP contribution in [0.25, 0.3) is 0 Å². The molecule has 0 aromatic rings. The Morgan fingerprint density at radius 1 is 0.923 bits per heavy atom. The van der Waals surface area contributed by atoms with Gasteiger partial charge in [0.25, 0.3) is 0 Å². The van der Waals surface area contributed by atoms with Crippen LogP contribution in [-0.2, 0) is 38.1 Å². The third-order valence-electron chi connectivity index (χ3n) is 14.2. The zero-order chi connectivity index (χ0) is 38.7. The van der Waals surface area contributed by atoms with Gasteiger partial charge in [-0.05, 0) is 101 Å². The standard InChI is InChI=1S/C39H62O13/c1-19(49-20(2)41)24(36(4,5)52-21(3)42)11-14-39(8,48)34-29(44)17-26-23-16-28(43)27-15-22(9-12-37(27,6)25(23)10-13-38(26,34)7)50-35-33(47)32(46)31(45)30(18-40)51-35/h19,22-27,30-35,40,45-48H,9-18H2,1-8H3. The van der Waals surface area contributed by atoms with E-state index in [1.54, 1.807) is 27.7 Å². The van der Waals surface area contributed by atoms with Crippen LogP contribution >= 0.6 is 0 Å². The molecule has 0 bridgehead atoms. The second-order valence-corrected chi connectivity index (χ2v) is 18.0. The van der Waals surface area contributed by atoms with E-state index in [0.717, 1.165) is 12.8 Å². The number of fused-ring (bicyclic) bond motifs is 5.